The molecule has 8 heteroatoms. The highest BCUT2D eigenvalue weighted by Crippen LogP contribution is 2.39. The number of aromatic nitrogens is 4. The Hall–Kier alpha value is -3.94. The van der Waals surface area contributed by atoms with Crippen molar-refractivity contribution in [2.75, 3.05) is 5.73 Å². The molecule has 0 unspecified atom stereocenters. The molecule has 1 aliphatic carbocycles. The summed E-state index contributed by atoms with van der Waals surface area (Å²) >= 11 is 0. The Bertz CT molecular complexity index is 1530. The maximum atomic E-state index is 9.94. The third-order valence-corrected chi connectivity index (χ3v) is 6.67. The number of imidazole rings is 1. The smallest absolute Gasteiger partial charge is 0.165 e. The molecule has 0 bridgehead atoms. The SMILES string of the molecule is Cl.Nc1ncccc1-c1nc2ccc(-c3cccc(O)c3)nc2n1-c1ccc(C2(N)CCC2)cc1. The third-order valence-electron chi connectivity index (χ3n) is 6.67. The van der Waals surface area contributed by atoms with Crippen LogP contribution in [0.4, 0.5) is 5.82 Å². The summed E-state index contributed by atoms with van der Waals surface area (Å²) in [6.45, 7) is 0. The van der Waals surface area contributed by atoms with Crippen molar-refractivity contribution in [3.63, 3.8) is 0 Å². The van der Waals surface area contributed by atoms with Crippen molar-refractivity contribution in [2.45, 2.75) is 24.8 Å². The minimum absolute atomic E-state index is 0. The van der Waals surface area contributed by atoms with Crippen molar-refractivity contribution < 1.29 is 5.11 Å². The molecule has 0 atom stereocenters. The third kappa shape index (κ3) is 3.88. The van der Waals surface area contributed by atoms with Crippen LogP contribution in [0.1, 0.15) is 24.8 Å². The van der Waals surface area contributed by atoms with E-state index in [1.165, 1.54) is 0 Å². The van der Waals surface area contributed by atoms with Crippen LogP contribution in [-0.4, -0.2) is 24.6 Å². The van der Waals surface area contributed by atoms with E-state index in [0.717, 1.165) is 52.9 Å². The Labute approximate surface area is 208 Å². The fourth-order valence-electron chi connectivity index (χ4n) is 4.60. The van der Waals surface area contributed by atoms with E-state index in [-0.39, 0.29) is 23.7 Å². The highest BCUT2D eigenvalue weighted by molar-refractivity contribution is 5.85. The molecule has 1 fully saturated rings. The average Bonchev–Trinajstić information content (AvgIpc) is 3.21. The Morgan fingerprint density at radius 3 is 2.40 bits per heavy atom. The summed E-state index contributed by atoms with van der Waals surface area (Å²) in [6, 6.07) is 23.0. The zero-order valence-electron chi connectivity index (χ0n) is 18.9. The Morgan fingerprint density at radius 1 is 0.914 bits per heavy atom. The maximum Gasteiger partial charge on any atom is 0.165 e. The van der Waals surface area contributed by atoms with Gasteiger partial charge in [0.2, 0.25) is 0 Å². The molecule has 35 heavy (non-hydrogen) atoms. The fourth-order valence-corrected chi connectivity index (χ4v) is 4.60. The van der Waals surface area contributed by atoms with Gasteiger partial charge in [0, 0.05) is 23.0 Å². The number of phenolic OH excluding ortho intramolecular Hbond substituents is 1. The summed E-state index contributed by atoms with van der Waals surface area (Å²) in [5.41, 5.74) is 18.3. The van der Waals surface area contributed by atoms with Crippen LogP contribution >= 0.6 is 12.4 Å². The van der Waals surface area contributed by atoms with Crippen LogP contribution in [0.25, 0.3) is 39.5 Å². The lowest BCUT2D eigenvalue weighted by atomic mass is 9.73. The van der Waals surface area contributed by atoms with Gasteiger partial charge in [-0.1, -0.05) is 24.3 Å². The highest BCUT2D eigenvalue weighted by atomic mass is 35.5. The zero-order chi connectivity index (χ0) is 23.3. The largest absolute Gasteiger partial charge is 0.508 e. The number of nitrogens with zero attached hydrogens (tertiary/aromatic N) is 4. The van der Waals surface area contributed by atoms with Crippen LogP contribution in [0.15, 0.2) is 79.0 Å². The van der Waals surface area contributed by atoms with Crippen molar-refractivity contribution in [2.24, 2.45) is 5.73 Å². The van der Waals surface area contributed by atoms with Gasteiger partial charge in [-0.05, 0) is 73.4 Å². The molecule has 1 aliphatic rings. The number of anilines is 1. The predicted octanol–water partition coefficient (Wildman–Crippen LogP) is 5.20. The number of nitrogen functional groups attached to an aromatic ring is 1. The first kappa shape index (κ1) is 22.8. The van der Waals surface area contributed by atoms with E-state index in [1.807, 2.05) is 34.9 Å². The van der Waals surface area contributed by atoms with E-state index in [1.54, 1.807) is 24.4 Å². The summed E-state index contributed by atoms with van der Waals surface area (Å²) in [5, 5.41) is 9.94. The topological polar surface area (TPSA) is 116 Å². The van der Waals surface area contributed by atoms with Crippen molar-refractivity contribution in [1.29, 1.82) is 0 Å². The molecule has 3 heterocycles. The number of pyridine rings is 2. The van der Waals surface area contributed by atoms with Gasteiger partial charge in [0.1, 0.15) is 17.1 Å². The van der Waals surface area contributed by atoms with E-state index in [2.05, 4.69) is 29.2 Å². The first-order valence-corrected chi connectivity index (χ1v) is 11.3. The van der Waals surface area contributed by atoms with Gasteiger partial charge in [0.25, 0.3) is 0 Å². The first-order valence-electron chi connectivity index (χ1n) is 11.3. The van der Waals surface area contributed by atoms with Crippen molar-refractivity contribution in [3.05, 3.63) is 84.6 Å². The average molecular weight is 485 g/mol. The molecule has 7 nitrogen and oxygen atoms in total. The lowest BCUT2D eigenvalue weighted by Crippen LogP contribution is -2.43. The summed E-state index contributed by atoms with van der Waals surface area (Å²) < 4.78 is 2.00. The van der Waals surface area contributed by atoms with Gasteiger partial charge in [-0.25, -0.2) is 15.0 Å². The molecule has 0 aliphatic heterocycles. The van der Waals surface area contributed by atoms with Crippen LogP contribution in [0.3, 0.4) is 0 Å². The molecular formula is C27H25ClN6O. The number of halogens is 1. The Morgan fingerprint density at radius 2 is 1.71 bits per heavy atom. The predicted molar refractivity (Wildman–Crippen MR) is 141 cm³/mol. The number of nitrogens with two attached hydrogens (primary N) is 2. The molecule has 5 aromatic rings. The normalized spacial score (nSPS) is 14.3. The van der Waals surface area contributed by atoms with E-state index >= 15 is 0 Å². The number of aromatic hydroxyl groups is 1. The highest BCUT2D eigenvalue weighted by Gasteiger charge is 2.34. The minimum atomic E-state index is -0.229. The van der Waals surface area contributed by atoms with Crippen molar-refractivity contribution in [1.82, 2.24) is 19.5 Å². The Kier molecular flexibility index (Phi) is 5.67. The summed E-state index contributed by atoms with van der Waals surface area (Å²) in [4.78, 5) is 14.1. The lowest BCUT2D eigenvalue weighted by molar-refractivity contribution is 0.253. The van der Waals surface area contributed by atoms with Gasteiger partial charge in [0.15, 0.2) is 11.5 Å². The second-order valence-electron chi connectivity index (χ2n) is 8.85. The lowest BCUT2D eigenvalue weighted by Gasteiger charge is -2.38. The summed E-state index contributed by atoms with van der Waals surface area (Å²) in [5.74, 6) is 1.26. The zero-order valence-corrected chi connectivity index (χ0v) is 19.7. The van der Waals surface area contributed by atoms with Crippen molar-refractivity contribution in [3.8, 4) is 34.1 Å². The molecule has 6 rings (SSSR count). The quantitative estimate of drug-likeness (QED) is 0.323. The van der Waals surface area contributed by atoms with E-state index < -0.39 is 0 Å². The second-order valence-corrected chi connectivity index (χ2v) is 8.85. The standard InChI is InChI=1S/C27H24N6O.ClH/c28-24-21(6-2-15-30-24)25-32-23-12-11-22(17-4-1-5-20(34)16-17)31-26(23)33(25)19-9-7-18(8-10-19)27(29)13-3-14-27;/h1-2,4-12,15-16,34H,3,13-14,29H2,(H2,28,30);1H. The molecule has 0 spiro atoms. The van der Waals surface area contributed by atoms with Gasteiger partial charge < -0.3 is 16.6 Å². The molecule has 0 saturated heterocycles. The molecular weight excluding hydrogens is 460 g/mol. The fraction of sp³-hybridized carbons (Fsp3) is 0.148. The molecule has 0 amide bonds. The van der Waals surface area contributed by atoms with Gasteiger partial charge in [-0.15, -0.1) is 12.4 Å². The molecule has 1 saturated carbocycles. The summed E-state index contributed by atoms with van der Waals surface area (Å²) in [7, 11) is 0. The van der Waals surface area contributed by atoms with E-state index in [4.69, 9.17) is 21.4 Å². The molecule has 176 valence electrons. The number of benzene rings is 2. The second kappa shape index (κ2) is 8.69. The molecule has 0 radical (unpaired) electrons. The van der Waals surface area contributed by atoms with Gasteiger partial charge in [0.05, 0.1) is 11.3 Å². The van der Waals surface area contributed by atoms with Crippen LogP contribution in [0, 0.1) is 0 Å². The number of fused-ring (bicyclic) bond motifs is 1. The monoisotopic (exact) mass is 484 g/mol. The minimum Gasteiger partial charge on any atom is -0.508 e. The number of hydrogen-bond acceptors (Lipinski definition) is 6. The van der Waals surface area contributed by atoms with Crippen LogP contribution in [-0.2, 0) is 5.54 Å². The van der Waals surface area contributed by atoms with Crippen LogP contribution in [0.2, 0.25) is 0 Å². The molecule has 2 aromatic carbocycles. The molecule has 3 aromatic heterocycles. The molecule has 5 N–H and O–H groups in total. The number of phenols is 1. The van der Waals surface area contributed by atoms with E-state index in [9.17, 15) is 5.11 Å². The van der Waals surface area contributed by atoms with Gasteiger partial charge >= 0.3 is 0 Å². The van der Waals surface area contributed by atoms with Crippen LogP contribution < -0.4 is 11.5 Å². The van der Waals surface area contributed by atoms with Crippen LogP contribution in [0.5, 0.6) is 5.75 Å². The number of hydrogen-bond donors (Lipinski definition) is 3. The first-order chi connectivity index (χ1) is 16.5. The van der Waals surface area contributed by atoms with Gasteiger partial charge in [-0.2, -0.15) is 0 Å². The van der Waals surface area contributed by atoms with Crippen molar-refractivity contribution >= 4 is 29.4 Å². The Balaban J connectivity index is 0.00000253. The van der Waals surface area contributed by atoms with E-state index in [0.29, 0.717) is 17.3 Å². The maximum absolute atomic E-state index is 9.94. The van der Waals surface area contributed by atoms with Gasteiger partial charge in [-0.3, -0.25) is 4.57 Å². The number of rotatable bonds is 4. The summed E-state index contributed by atoms with van der Waals surface area (Å²) in [6.07, 6.45) is 4.84.